The Morgan fingerprint density at radius 2 is 2.23 bits per heavy atom. The molecule has 0 aliphatic heterocycles. The molecule has 72 valence electrons. The zero-order chi connectivity index (χ0) is 10.1. The van der Waals surface area contributed by atoms with Crippen molar-refractivity contribution in [2.45, 2.75) is 32.6 Å². The van der Waals surface area contributed by atoms with Crippen molar-refractivity contribution in [2.24, 2.45) is 7.05 Å². The molecule has 0 amide bonds. The van der Waals surface area contributed by atoms with Crippen LogP contribution in [-0.4, -0.2) is 15.6 Å². The molecule has 13 heavy (non-hydrogen) atoms. The van der Waals surface area contributed by atoms with Crippen LogP contribution in [0.2, 0.25) is 0 Å². The Morgan fingerprint density at radius 1 is 1.62 bits per heavy atom. The van der Waals surface area contributed by atoms with Crippen molar-refractivity contribution in [3.63, 3.8) is 0 Å². The number of hydrogen-bond acceptors (Lipinski definition) is 2. The topological polar surface area (TPSA) is 34.9 Å². The van der Waals surface area contributed by atoms with E-state index < -0.39 is 0 Å². The highest BCUT2D eigenvalue weighted by molar-refractivity contribution is 5.76. The van der Waals surface area contributed by atoms with Gasteiger partial charge in [-0.3, -0.25) is 9.48 Å². The molecule has 0 N–H and O–H groups in total. The molecule has 0 fully saturated rings. The molecule has 0 spiro atoms. The van der Waals surface area contributed by atoms with Gasteiger partial charge in [-0.05, 0) is 13.0 Å². The summed E-state index contributed by atoms with van der Waals surface area (Å²) in [5, 5.41) is 4.10. The van der Waals surface area contributed by atoms with Gasteiger partial charge in [0.2, 0.25) is 0 Å². The fraction of sp³-hybridized carbons (Fsp3) is 0.600. The van der Waals surface area contributed by atoms with E-state index in [9.17, 15) is 4.79 Å². The number of aryl methyl sites for hydroxylation is 1. The zero-order valence-electron chi connectivity index (χ0n) is 8.66. The number of hydrogen-bond donors (Lipinski definition) is 0. The van der Waals surface area contributed by atoms with E-state index in [2.05, 4.69) is 18.9 Å². The molecule has 0 aliphatic carbocycles. The van der Waals surface area contributed by atoms with Crippen molar-refractivity contribution < 1.29 is 4.79 Å². The summed E-state index contributed by atoms with van der Waals surface area (Å²) in [5.74, 6) is 0.214. The second-order valence-electron chi connectivity index (χ2n) is 4.10. The first-order valence-corrected chi connectivity index (χ1v) is 4.41. The van der Waals surface area contributed by atoms with E-state index >= 15 is 0 Å². The molecular weight excluding hydrogens is 164 g/mol. The summed E-state index contributed by atoms with van der Waals surface area (Å²) < 4.78 is 1.82. The molecule has 1 aromatic rings. The molecule has 0 unspecified atom stereocenters. The van der Waals surface area contributed by atoms with Gasteiger partial charge in [-0.15, -0.1) is 0 Å². The average Bonchev–Trinajstić information content (AvgIpc) is 2.32. The van der Waals surface area contributed by atoms with Crippen molar-refractivity contribution in [3.8, 4) is 0 Å². The van der Waals surface area contributed by atoms with Crippen LogP contribution in [0.4, 0.5) is 0 Å². The standard InChI is InChI=1S/C10H16N2O/c1-8(13)7-10(2,3)9-5-6-11-12(9)4/h5-6H,7H2,1-4H3. The summed E-state index contributed by atoms with van der Waals surface area (Å²) in [4.78, 5) is 11.0. The normalized spacial score (nSPS) is 11.7. The molecule has 0 atom stereocenters. The maximum Gasteiger partial charge on any atom is 0.130 e. The molecule has 0 bridgehead atoms. The Labute approximate surface area is 78.8 Å². The van der Waals surface area contributed by atoms with Crippen LogP contribution in [0.1, 0.15) is 32.9 Å². The van der Waals surface area contributed by atoms with Crippen LogP contribution in [-0.2, 0) is 17.3 Å². The highest BCUT2D eigenvalue weighted by Crippen LogP contribution is 2.26. The fourth-order valence-electron chi connectivity index (χ4n) is 1.75. The number of nitrogens with zero attached hydrogens (tertiary/aromatic N) is 2. The lowest BCUT2D eigenvalue weighted by molar-refractivity contribution is -0.118. The van der Waals surface area contributed by atoms with Gasteiger partial charge in [0.25, 0.3) is 0 Å². The third-order valence-electron chi connectivity index (χ3n) is 2.21. The second kappa shape index (κ2) is 3.32. The fourth-order valence-corrected chi connectivity index (χ4v) is 1.75. The van der Waals surface area contributed by atoms with E-state index in [1.165, 1.54) is 0 Å². The molecule has 3 heteroatoms. The number of aromatic nitrogens is 2. The first-order chi connectivity index (χ1) is 5.93. The van der Waals surface area contributed by atoms with Crippen molar-refractivity contribution in [1.29, 1.82) is 0 Å². The van der Waals surface area contributed by atoms with E-state index in [0.717, 1.165) is 5.69 Å². The van der Waals surface area contributed by atoms with Gasteiger partial charge in [0.05, 0.1) is 0 Å². The molecule has 1 heterocycles. The number of Topliss-reactive ketones (excluding diaryl/α,β-unsaturated/α-hetero) is 1. The molecular formula is C10H16N2O. The zero-order valence-corrected chi connectivity index (χ0v) is 8.66. The first kappa shape index (κ1) is 9.96. The average molecular weight is 180 g/mol. The van der Waals surface area contributed by atoms with Gasteiger partial charge < -0.3 is 0 Å². The van der Waals surface area contributed by atoms with Crippen molar-refractivity contribution >= 4 is 5.78 Å². The summed E-state index contributed by atoms with van der Waals surface area (Å²) >= 11 is 0. The highest BCUT2D eigenvalue weighted by Gasteiger charge is 2.25. The predicted octanol–water partition coefficient (Wildman–Crippen LogP) is 1.68. The largest absolute Gasteiger partial charge is 0.300 e. The molecule has 1 rings (SSSR count). The molecule has 3 nitrogen and oxygen atoms in total. The minimum atomic E-state index is -0.114. The Hall–Kier alpha value is -1.12. The Bertz CT molecular complexity index is 312. The van der Waals surface area contributed by atoms with Crippen LogP contribution >= 0.6 is 0 Å². The summed E-state index contributed by atoms with van der Waals surface area (Å²) in [7, 11) is 1.90. The molecule has 0 aliphatic rings. The summed E-state index contributed by atoms with van der Waals surface area (Å²) in [6.07, 6.45) is 2.32. The molecule has 0 aromatic carbocycles. The number of carbonyl (C=O) groups excluding carboxylic acids is 1. The van der Waals surface area contributed by atoms with Gasteiger partial charge in [0, 0.05) is 30.8 Å². The van der Waals surface area contributed by atoms with Gasteiger partial charge in [0.15, 0.2) is 0 Å². The smallest absolute Gasteiger partial charge is 0.130 e. The van der Waals surface area contributed by atoms with Crippen molar-refractivity contribution in [3.05, 3.63) is 18.0 Å². The van der Waals surface area contributed by atoms with Gasteiger partial charge in [-0.2, -0.15) is 5.10 Å². The summed E-state index contributed by atoms with van der Waals surface area (Å²) in [6.45, 7) is 5.74. The predicted molar refractivity (Wildman–Crippen MR) is 51.5 cm³/mol. The van der Waals surface area contributed by atoms with E-state index in [4.69, 9.17) is 0 Å². The maximum absolute atomic E-state index is 11.0. The maximum atomic E-state index is 11.0. The highest BCUT2D eigenvalue weighted by atomic mass is 16.1. The van der Waals surface area contributed by atoms with Gasteiger partial charge >= 0.3 is 0 Å². The molecule has 0 saturated carbocycles. The molecule has 1 aromatic heterocycles. The summed E-state index contributed by atoms with van der Waals surface area (Å²) in [6, 6.07) is 1.96. The van der Waals surface area contributed by atoms with Gasteiger partial charge in [0.1, 0.15) is 5.78 Å². The quantitative estimate of drug-likeness (QED) is 0.709. The minimum absolute atomic E-state index is 0.114. The lowest BCUT2D eigenvalue weighted by Gasteiger charge is -2.23. The third-order valence-corrected chi connectivity index (χ3v) is 2.21. The minimum Gasteiger partial charge on any atom is -0.300 e. The Balaban J connectivity index is 2.93. The first-order valence-electron chi connectivity index (χ1n) is 4.41. The summed E-state index contributed by atoms with van der Waals surface area (Å²) in [5.41, 5.74) is 0.986. The van der Waals surface area contributed by atoms with E-state index in [1.54, 1.807) is 13.1 Å². The van der Waals surface area contributed by atoms with Gasteiger partial charge in [-0.25, -0.2) is 0 Å². The number of ketones is 1. The third kappa shape index (κ3) is 2.17. The van der Waals surface area contributed by atoms with E-state index in [-0.39, 0.29) is 11.2 Å². The van der Waals surface area contributed by atoms with Crippen LogP contribution in [0, 0.1) is 0 Å². The monoisotopic (exact) mass is 180 g/mol. The van der Waals surface area contributed by atoms with Crippen LogP contribution in [0.15, 0.2) is 12.3 Å². The van der Waals surface area contributed by atoms with E-state index in [1.807, 2.05) is 17.8 Å². The van der Waals surface area contributed by atoms with Gasteiger partial charge in [-0.1, -0.05) is 13.8 Å². The number of carbonyl (C=O) groups is 1. The van der Waals surface area contributed by atoms with Crippen LogP contribution in [0.25, 0.3) is 0 Å². The Morgan fingerprint density at radius 3 is 2.62 bits per heavy atom. The van der Waals surface area contributed by atoms with Crippen molar-refractivity contribution in [2.75, 3.05) is 0 Å². The van der Waals surface area contributed by atoms with E-state index in [0.29, 0.717) is 6.42 Å². The SMILES string of the molecule is CC(=O)CC(C)(C)c1ccnn1C. The van der Waals surface area contributed by atoms with Crippen LogP contribution in [0.5, 0.6) is 0 Å². The second-order valence-corrected chi connectivity index (χ2v) is 4.10. The van der Waals surface area contributed by atoms with Crippen LogP contribution in [0.3, 0.4) is 0 Å². The lowest BCUT2D eigenvalue weighted by Crippen LogP contribution is -2.23. The Kier molecular flexibility index (Phi) is 2.55. The number of rotatable bonds is 3. The molecule has 0 radical (unpaired) electrons. The van der Waals surface area contributed by atoms with Crippen LogP contribution < -0.4 is 0 Å². The molecule has 0 saturated heterocycles. The van der Waals surface area contributed by atoms with Crippen molar-refractivity contribution in [1.82, 2.24) is 9.78 Å². The lowest BCUT2D eigenvalue weighted by atomic mass is 9.84.